The van der Waals surface area contributed by atoms with Crippen LogP contribution in [-0.2, 0) is 11.3 Å². The third-order valence-corrected chi connectivity index (χ3v) is 6.54. The van der Waals surface area contributed by atoms with Crippen LogP contribution < -0.4 is 0 Å². The van der Waals surface area contributed by atoms with Gasteiger partial charge in [0.2, 0.25) is 0 Å². The molecule has 2 N–H and O–H groups in total. The van der Waals surface area contributed by atoms with Gasteiger partial charge in [-0.25, -0.2) is 0 Å². The minimum atomic E-state index is -0.674. The van der Waals surface area contributed by atoms with E-state index >= 15 is 0 Å². The molecule has 1 aromatic carbocycles. The predicted octanol–water partition coefficient (Wildman–Crippen LogP) is 2.47. The summed E-state index contributed by atoms with van der Waals surface area (Å²) in [6, 6.07) is 9.27. The van der Waals surface area contributed by atoms with Gasteiger partial charge in [0.1, 0.15) is 0 Å². The molecule has 2 atom stereocenters. The molecule has 28 heavy (non-hydrogen) atoms. The van der Waals surface area contributed by atoms with E-state index in [-0.39, 0.29) is 6.42 Å². The van der Waals surface area contributed by atoms with Gasteiger partial charge in [0.05, 0.1) is 0 Å². The Hall–Kier alpha value is -1.89. The first-order chi connectivity index (χ1) is 13.6. The first-order valence-electron chi connectivity index (χ1n) is 10.5. The maximum atomic E-state index is 11.2. The molecule has 0 bridgehead atoms. The summed E-state index contributed by atoms with van der Waals surface area (Å²) >= 11 is 0. The smallest absolute Gasteiger partial charge is 0.303 e. The number of aromatic amines is 1. The summed E-state index contributed by atoms with van der Waals surface area (Å²) in [5.41, 5.74) is 2.51. The molecule has 0 unspecified atom stereocenters. The van der Waals surface area contributed by atoms with Gasteiger partial charge in [-0.2, -0.15) is 0 Å². The molecule has 6 heteroatoms. The van der Waals surface area contributed by atoms with Crippen molar-refractivity contribution >= 4 is 16.9 Å². The number of benzene rings is 1. The molecular formula is C22H32N4O2. The average molecular weight is 385 g/mol. The second-order valence-corrected chi connectivity index (χ2v) is 8.52. The van der Waals surface area contributed by atoms with E-state index in [4.69, 9.17) is 0 Å². The first-order valence-corrected chi connectivity index (χ1v) is 10.5. The van der Waals surface area contributed by atoms with Crippen molar-refractivity contribution in [3.8, 4) is 0 Å². The van der Waals surface area contributed by atoms with Gasteiger partial charge in [-0.3, -0.25) is 14.6 Å². The number of rotatable bonds is 6. The van der Waals surface area contributed by atoms with Crippen molar-refractivity contribution in [2.75, 3.05) is 46.3 Å². The van der Waals surface area contributed by atoms with Gasteiger partial charge in [0.15, 0.2) is 0 Å². The second kappa shape index (κ2) is 8.64. The number of piperazine rings is 1. The van der Waals surface area contributed by atoms with Crippen molar-refractivity contribution in [2.45, 2.75) is 31.8 Å². The number of hydrogen-bond donors (Lipinski definition) is 2. The fourth-order valence-corrected chi connectivity index (χ4v) is 4.92. The number of nitrogens with one attached hydrogen (secondary N) is 1. The van der Waals surface area contributed by atoms with Gasteiger partial charge in [-0.05, 0) is 61.5 Å². The fraction of sp³-hybridized carbons (Fsp3) is 0.591. The second-order valence-electron chi connectivity index (χ2n) is 8.52. The molecule has 0 amide bonds. The Labute approximate surface area is 167 Å². The zero-order chi connectivity index (χ0) is 19.5. The van der Waals surface area contributed by atoms with Crippen LogP contribution in [0.1, 0.15) is 24.8 Å². The largest absolute Gasteiger partial charge is 0.481 e. The highest BCUT2D eigenvalue weighted by Gasteiger charge is 2.34. The highest BCUT2D eigenvalue weighted by Crippen LogP contribution is 2.28. The monoisotopic (exact) mass is 384 g/mol. The molecule has 0 radical (unpaired) electrons. The molecule has 6 nitrogen and oxygen atoms in total. The van der Waals surface area contributed by atoms with Crippen LogP contribution in [0.5, 0.6) is 0 Å². The van der Waals surface area contributed by atoms with E-state index in [0.717, 1.165) is 58.7 Å². The van der Waals surface area contributed by atoms with Crippen LogP contribution in [0.25, 0.3) is 10.9 Å². The Morgan fingerprint density at radius 1 is 1.18 bits per heavy atom. The average Bonchev–Trinajstić information content (AvgIpc) is 3.15. The lowest BCUT2D eigenvalue weighted by atomic mass is 9.86. The Bertz CT molecular complexity index is 797. The van der Waals surface area contributed by atoms with Crippen molar-refractivity contribution in [2.24, 2.45) is 5.92 Å². The maximum absolute atomic E-state index is 11.2. The number of H-pyrrole nitrogens is 1. The lowest BCUT2D eigenvalue weighted by molar-refractivity contribution is -0.137. The van der Waals surface area contributed by atoms with Crippen LogP contribution >= 0.6 is 0 Å². The van der Waals surface area contributed by atoms with Crippen molar-refractivity contribution in [1.82, 2.24) is 19.7 Å². The predicted molar refractivity (Wildman–Crippen MR) is 111 cm³/mol. The lowest BCUT2D eigenvalue weighted by Crippen LogP contribution is -2.56. The first kappa shape index (κ1) is 19.4. The molecule has 3 heterocycles. The van der Waals surface area contributed by atoms with E-state index in [9.17, 15) is 9.90 Å². The van der Waals surface area contributed by atoms with Gasteiger partial charge in [-0.15, -0.1) is 0 Å². The zero-order valence-electron chi connectivity index (χ0n) is 16.8. The topological polar surface area (TPSA) is 62.8 Å². The fourth-order valence-electron chi connectivity index (χ4n) is 4.92. The Balaban J connectivity index is 1.42. The summed E-state index contributed by atoms with van der Waals surface area (Å²) in [5.74, 6) is -0.239. The normalized spacial score (nSPS) is 25.3. The van der Waals surface area contributed by atoms with E-state index in [1.165, 1.54) is 16.5 Å². The highest BCUT2D eigenvalue weighted by atomic mass is 16.4. The molecule has 2 aliphatic heterocycles. The Kier molecular flexibility index (Phi) is 5.99. The Morgan fingerprint density at radius 3 is 2.79 bits per heavy atom. The van der Waals surface area contributed by atoms with Crippen molar-refractivity contribution in [3.63, 3.8) is 0 Å². The van der Waals surface area contributed by atoms with E-state index in [0.29, 0.717) is 12.0 Å². The molecule has 2 aliphatic rings. The number of aliphatic carboxylic acids is 1. The third-order valence-electron chi connectivity index (χ3n) is 6.54. The summed E-state index contributed by atoms with van der Waals surface area (Å²) in [5, 5.41) is 10.5. The number of carbonyl (C=O) groups is 1. The minimum Gasteiger partial charge on any atom is -0.481 e. The zero-order valence-corrected chi connectivity index (χ0v) is 16.8. The van der Waals surface area contributed by atoms with Crippen molar-refractivity contribution in [1.29, 1.82) is 0 Å². The van der Waals surface area contributed by atoms with Crippen LogP contribution in [-0.4, -0.2) is 83.1 Å². The molecule has 2 aromatic rings. The van der Waals surface area contributed by atoms with E-state index in [1.54, 1.807) is 0 Å². The van der Waals surface area contributed by atoms with Crippen LogP contribution in [0.4, 0.5) is 0 Å². The number of fused-ring (bicyclic) bond motifs is 1. The van der Waals surface area contributed by atoms with Gasteiger partial charge in [-0.1, -0.05) is 6.07 Å². The molecule has 152 valence electrons. The summed E-state index contributed by atoms with van der Waals surface area (Å²) in [6.45, 7) is 7.47. The molecule has 0 aliphatic carbocycles. The molecule has 0 saturated carbocycles. The minimum absolute atomic E-state index is 0.276. The van der Waals surface area contributed by atoms with Crippen LogP contribution in [0, 0.1) is 5.92 Å². The quantitative estimate of drug-likeness (QED) is 0.801. The standard InChI is InChI=1S/C22H32N4O2/c1-24-10-12-26(13-11-24)21-7-9-25(16-19(21)3-5-22(27)28)15-17-2-4-20-18(14-17)6-8-23-20/h2,4,6,8,14,19,21,23H,3,5,7,9-13,15-16H2,1H3,(H,27,28)/t19-,21+/m0/s1. The van der Waals surface area contributed by atoms with Crippen molar-refractivity contribution in [3.05, 3.63) is 36.0 Å². The SMILES string of the molecule is CN1CCN([C@@H]2CCN(Cc3ccc4[nH]ccc4c3)C[C@@H]2CCC(=O)O)CC1. The van der Waals surface area contributed by atoms with Gasteiger partial charge < -0.3 is 15.0 Å². The van der Waals surface area contributed by atoms with E-state index in [2.05, 4.69) is 51.0 Å². The van der Waals surface area contributed by atoms with Gasteiger partial charge in [0, 0.05) is 63.4 Å². The number of piperidine rings is 1. The molecule has 2 fully saturated rings. The molecule has 1 aromatic heterocycles. The number of carboxylic acids is 1. The third kappa shape index (κ3) is 4.57. The molecular weight excluding hydrogens is 352 g/mol. The van der Waals surface area contributed by atoms with E-state index in [1.807, 2.05) is 6.20 Å². The number of likely N-dealkylation sites (tertiary alicyclic amines) is 1. The van der Waals surface area contributed by atoms with Crippen LogP contribution in [0.3, 0.4) is 0 Å². The number of aromatic nitrogens is 1. The summed E-state index contributed by atoms with van der Waals surface area (Å²) in [6.07, 6.45) is 4.18. The van der Waals surface area contributed by atoms with Crippen molar-refractivity contribution < 1.29 is 9.90 Å². The van der Waals surface area contributed by atoms with Gasteiger partial charge in [0.25, 0.3) is 0 Å². The lowest BCUT2D eigenvalue weighted by Gasteiger charge is -2.46. The molecule has 0 spiro atoms. The number of likely N-dealkylation sites (N-methyl/N-ethyl adjacent to an activating group) is 1. The number of carboxylic acid groups (broad SMARTS) is 1. The van der Waals surface area contributed by atoms with E-state index < -0.39 is 5.97 Å². The number of nitrogens with zero attached hydrogens (tertiary/aromatic N) is 3. The Morgan fingerprint density at radius 2 is 2.00 bits per heavy atom. The maximum Gasteiger partial charge on any atom is 0.303 e. The summed E-state index contributed by atoms with van der Waals surface area (Å²) in [7, 11) is 2.18. The van der Waals surface area contributed by atoms with Crippen LogP contribution in [0.2, 0.25) is 0 Å². The summed E-state index contributed by atoms with van der Waals surface area (Å²) in [4.78, 5) is 22.0. The van der Waals surface area contributed by atoms with Crippen LogP contribution in [0.15, 0.2) is 30.5 Å². The van der Waals surface area contributed by atoms with Gasteiger partial charge >= 0.3 is 5.97 Å². The molecule has 2 saturated heterocycles. The molecule has 4 rings (SSSR count). The summed E-state index contributed by atoms with van der Waals surface area (Å²) < 4.78 is 0. The number of hydrogen-bond acceptors (Lipinski definition) is 4. The highest BCUT2D eigenvalue weighted by molar-refractivity contribution is 5.79.